The molecule has 0 aliphatic carbocycles. The molecule has 2 heterocycles. The van der Waals surface area contributed by atoms with Crippen LogP contribution in [0.1, 0.15) is 17.3 Å². The number of hydrogen-bond donors (Lipinski definition) is 0. The van der Waals surface area contributed by atoms with Crippen molar-refractivity contribution in [2.75, 3.05) is 0 Å². The maximum Gasteiger partial charge on any atom is 0.128 e. The van der Waals surface area contributed by atoms with Gasteiger partial charge in [0.15, 0.2) is 0 Å². The van der Waals surface area contributed by atoms with Crippen molar-refractivity contribution in [1.82, 2.24) is 14.5 Å². The van der Waals surface area contributed by atoms with Gasteiger partial charge in [-0.2, -0.15) is 0 Å². The summed E-state index contributed by atoms with van der Waals surface area (Å²) in [5, 5.41) is 2.09. The topological polar surface area (TPSA) is 30.7 Å². The third kappa shape index (κ3) is 2.38. The fraction of sp³-hybridized carbons (Fsp3) is 0.0526. The van der Waals surface area contributed by atoms with Crippen LogP contribution in [0.3, 0.4) is 0 Å². The lowest BCUT2D eigenvalue weighted by Crippen LogP contribution is -2.14. The first-order valence-corrected chi connectivity index (χ1v) is 7.40. The summed E-state index contributed by atoms with van der Waals surface area (Å²) in [4.78, 5) is 8.68. The van der Waals surface area contributed by atoms with Gasteiger partial charge in [0.05, 0.1) is 12.0 Å². The van der Waals surface area contributed by atoms with E-state index in [1.165, 1.54) is 6.07 Å². The minimum Gasteiger partial charge on any atom is -0.324 e. The van der Waals surface area contributed by atoms with Gasteiger partial charge in [-0.3, -0.25) is 4.98 Å². The average molecular weight is 303 g/mol. The van der Waals surface area contributed by atoms with Crippen molar-refractivity contribution in [2.24, 2.45) is 0 Å². The molecule has 3 nitrogen and oxygen atoms in total. The van der Waals surface area contributed by atoms with Crippen LogP contribution in [-0.2, 0) is 0 Å². The van der Waals surface area contributed by atoms with Crippen molar-refractivity contribution in [3.05, 3.63) is 96.6 Å². The molecule has 0 amide bonds. The standard InChI is InChI=1S/C19H14FN3/c20-17-8-4-3-7-16(17)19(23-12-11-21-13-23)18-15-6-2-1-5-14(15)9-10-22-18/h1-13,19H. The zero-order chi connectivity index (χ0) is 15.6. The van der Waals surface area contributed by atoms with Gasteiger partial charge >= 0.3 is 0 Å². The molecule has 4 rings (SSSR count). The molecule has 0 spiro atoms. The van der Waals surface area contributed by atoms with E-state index in [9.17, 15) is 4.39 Å². The third-order valence-electron chi connectivity index (χ3n) is 3.99. The van der Waals surface area contributed by atoms with E-state index in [1.807, 2.05) is 47.2 Å². The second-order valence-electron chi connectivity index (χ2n) is 5.35. The second kappa shape index (κ2) is 5.65. The first-order chi connectivity index (χ1) is 11.3. The van der Waals surface area contributed by atoms with E-state index >= 15 is 0 Å². The number of rotatable bonds is 3. The van der Waals surface area contributed by atoms with Gasteiger partial charge in [-0.25, -0.2) is 9.37 Å². The number of halogens is 1. The molecule has 0 saturated carbocycles. The van der Waals surface area contributed by atoms with Gasteiger partial charge in [-0.05, 0) is 17.5 Å². The Balaban J connectivity index is 2.01. The van der Waals surface area contributed by atoms with Gasteiger partial charge in [-0.1, -0.05) is 42.5 Å². The van der Waals surface area contributed by atoms with Crippen LogP contribution in [0.25, 0.3) is 10.8 Å². The molecule has 0 aliphatic heterocycles. The average Bonchev–Trinajstić information content (AvgIpc) is 3.11. The summed E-state index contributed by atoms with van der Waals surface area (Å²) in [6.45, 7) is 0. The maximum atomic E-state index is 14.5. The minimum absolute atomic E-state index is 0.249. The van der Waals surface area contributed by atoms with Crippen LogP contribution in [0.15, 0.2) is 79.5 Å². The lowest BCUT2D eigenvalue weighted by atomic mass is 9.98. The van der Waals surface area contributed by atoms with Gasteiger partial charge < -0.3 is 4.57 Å². The van der Waals surface area contributed by atoms with Crippen LogP contribution in [0, 0.1) is 5.82 Å². The van der Waals surface area contributed by atoms with Gasteiger partial charge in [0.1, 0.15) is 11.9 Å². The van der Waals surface area contributed by atoms with E-state index in [0.29, 0.717) is 5.56 Å². The molecule has 0 radical (unpaired) electrons. The first-order valence-electron chi connectivity index (χ1n) is 7.40. The van der Waals surface area contributed by atoms with Gasteiger partial charge in [0, 0.05) is 29.5 Å². The first kappa shape index (κ1) is 13.6. The molecule has 1 unspecified atom stereocenters. The summed E-state index contributed by atoms with van der Waals surface area (Å²) in [5.41, 5.74) is 1.39. The minimum atomic E-state index is -0.357. The lowest BCUT2D eigenvalue weighted by molar-refractivity contribution is 0.568. The van der Waals surface area contributed by atoms with Crippen LogP contribution in [-0.4, -0.2) is 14.5 Å². The molecule has 4 aromatic rings. The zero-order valence-corrected chi connectivity index (χ0v) is 12.3. The molecule has 0 fully saturated rings. The molecular weight excluding hydrogens is 289 g/mol. The number of imidazole rings is 1. The van der Waals surface area contributed by atoms with Crippen LogP contribution in [0.4, 0.5) is 4.39 Å². The highest BCUT2D eigenvalue weighted by Gasteiger charge is 2.22. The molecular formula is C19H14FN3. The van der Waals surface area contributed by atoms with Crippen molar-refractivity contribution in [3.63, 3.8) is 0 Å². The molecule has 0 N–H and O–H groups in total. The normalized spacial score (nSPS) is 12.4. The summed E-state index contributed by atoms with van der Waals surface area (Å²) in [5.74, 6) is -0.249. The fourth-order valence-corrected chi connectivity index (χ4v) is 2.93. The number of nitrogens with zero attached hydrogens (tertiary/aromatic N) is 3. The monoisotopic (exact) mass is 303 g/mol. The molecule has 0 saturated heterocycles. The van der Waals surface area contributed by atoms with Crippen LogP contribution in [0.5, 0.6) is 0 Å². The van der Waals surface area contributed by atoms with Gasteiger partial charge in [0.2, 0.25) is 0 Å². The highest BCUT2D eigenvalue weighted by Crippen LogP contribution is 2.31. The molecule has 112 valence electrons. The zero-order valence-electron chi connectivity index (χ0n) is 12.3. The molecule has 0 bridgehead atoms. The molecule has 2 aromatic heterocycles. The van der Waals surface area contributed by atoms with Crippen molar-refractivity contribution in [3.8, 4) is 0 Å². The second-order valence-corrected chi connectivity index (χ2v) is 5.35. The Morgan fingerprint density at radius 3 is 2.57 bits per heavy atom. The van der Waals surface area contributed by atoms with Gasteiger partial charge in [-0.15, -0.1) is 0 Å². The van der Waals surface area contributed by atoms with E-state index in [4.69, 9.17) is 0 Å². The van der Waals surface area contributed by atoms with Gasteiger partial charge in [0.25, 0.3) is 0 Å². The summed E-state index contributed by atoms with van der Waals surface area (Å²) in [7, 11) is 0. The van der Waals surface area contributed by atoms with Crippen molar-refractivity contribution in [2.45, 2.75) is 6.04 Å². The van der Waals surface area contributed by atoms with E-state index in [1.54, 1.807) is 30.9 Å². The quantitative estimate of drug-likeness (QED) is 0.567. The predicted molar refractivity (Wildman–Crippen MR) is 87.6 cm³/mol. The Kier molecular flexibility index (Phi) is 3.35. The van der Waals surface area contributed by atoms with E-state index < -0.39 is 0 Å². The highest BCUT2D eigenvalue weighted by molar-refractivity contribution is 5.85. The van der Waals surface area contributed by atoms with Crippen molar-refractivity contribution >= 4 is 10.8 Å². The van der Waals surface area contributed by atoms with Crippen LogP contribution >= 0.6 is 0 Å². The Bertz CT molecular complexity index is 942. The molecule has 23 heavy (non-hydrogen) atoms. The van der Waals surface area contributed by atoms with E-state index in [-0.39, 0.29) is 11.9 Å². The third-order valence-corrected chi connectivity index (χ3v) is 3.99. The van der Waals surface area contributed by atoms with E-state index in [0.717, 1.165) is 16.5 Å². The SMILES string of the molecule is Fc1ccccc1C(c1nccc2ccccc12)n1ccnc1. The molecule has 1 atom stereocenters. The van der Waals surface area contributed by atoms with Crippen molar-refractivity contribution in [1.29, 1.82) is 0 Å². The van der Waals surface area contributed by atoms with Crippen LogP contribution in [0.2, 0.25) is 0 Å². The number of benzene rings is 2. The molecule has 2 aromatic carbocycles. The predicted octanol–water partition coefficient (Wildman–Crippen LogP) is 4.21. The number of pyridine rings is 1. The highest BCUT2D eigenvalue weighted by atomic mass is 19.1. The van der Waals surface area contributed by atoms with Crippen molar-refractivity contribution < 1.29 is 4.39 Å². The van der Waals surface area contributed by atoms with Crippen LogP contribution < -0.4 is 0 Å². The fourth-order valence-electron chi connectivity index (χ4n) is 2.93. The summed E-state index contributed by atoms with van der Waals surface area (Å²) < 4.78 is 16.3. The largest absolute Gasteiger partial charge is 0.324 e. The Labute approximate surface area is 133 Å². The summed E-state index contributed by atoms with van der Waals surface area (Å²) in [6, 6.07) is 16.4. The maximum absolute atomic E-state index is 14.5. The summed E-state index contributed by atoms with van der Waals surface area (Å²) >= 11 is 0. The summed E-state index contributed by atoms with van der Waals surface area (Å²) in [6.07, 6.45) is 6.99. The lowest BCUT2D eigenvalue weighted by Gasteiger charge is -2.20. The smallest absolute Gasteiger partial charge is 0.128 e. The number of hydrogen-bond acceptors (Lipinski definition) is 2. The number of fused-ring (bicyclic) bond motifs is 1. The Morgan fingerprint density at radius 1 is 0.913 bits per heavy atom. The molecule has 0 aliphatic rings. The number of aromatic nitrogens is 3. The molecule has 4 heteroatoms. The Hall–Kier alpha value is -3.01. The van der Waals surface area contributed by atoms with E-state index in [2.05, 4.69) is 9.97 Å². The Morgan fingerprint density at radius 2 is 1.74 bits per heavy atom.